The molecule has 1 aromatic carbocycles. The molecular weight excluding hydrogens is 562 g/mol. The Balaban J connectivity index is 1.80. The lowest BCUT2D eigenvalue weighted by Gasteiger charge is -2.17. The van der Waals surface area contributed by atoms with E-state index in [9.17, 15) is 36.7 Å². The molecular formula is C24H23F4N5O6S. The van der Waals surface area contributed by atoms with Crippen LogP contribution in [0.5, 0.6) is 5.75 Å². The number of ether oxygens (including phenoxy) is 2. The molecule has 214 valence electrons. The van der Waals surface area contributed by atoms with Crippen molar-refractivity contribution < 1.29 is 41.4 Å². The minimum Gasteiger partial charge on any atom is -0.453 e. The van der Waals surface area contributed by atoms with Crippen LogP contribution in [0, 0.1) is 0 Å². The molecule has 0 aliphatic carbocycles. The van der Waals surface area contributed by atoms with E-state index >= 15 is 0 Å². The third-order valence-corrected chi connectivity index (χ3v) is 6.28. The molecule has 1 atom stereocenters. The second kappa shape index (κ2) is 13.1. The molecule has 16 heteroatoms. The highest BCUT2D eigenvalue weighted by atomic mass is 32.1. The lowest BCUT2D eigenvalue weighted by molar-refractivity contribution is -0.252. The van der Waals surface area contributed by atoms with Crippen molar-refractivity contribution in [3.05, 3.63) is 64.0 Å². The van der Waals surface area contributed by atoms with Gasteiger partial charge in [0.15, 0.2) is 0 Å². The molecule has 2 aromatic heterocycles. The van der Waals surface area contributed by atoms with Crippen LogP contribution in [0.1, 0.15) is 17.8 Å². The van der Waals surface area contributed by atoms with Crippen molar-refractivity contribution in [1.82, 2.24) is 14.9 Å². The third-order valence-electron chi connectivity index (χ3n) is 5.20. The molecule has 11 nitrogen and oxygen atoms in total. The topological polar surface area (TPSA) is 155 Å². The summed E-state index contributed by atoms with van der Waals surface area (Å²) >= 11 is 0.865. The maximum absolute atomic E-state index is 13.5. The zero-order chi connectivity index (χ0) is 29.4. The van der Waals surface area contributed by atoms with Crippen molar-refractivity contribution in [3.63, 3.8) is 0 Å². The van der Waals surface area contributed by atoms with Crippen LogP contribution in [-0.4, -0.2) is 53.1 Å². The van der Waals surface area contributed by atoms with Gasteiger partial charge in [-0.1, -0.05) is 12.1 Å². The van der Waals surface area contributed by atoms with Gasteiger partial charge in [0.1, 0.15) is 22.5 Å². The van der Waals surface area contributed by atoms with Gasteiger partial charge in [0.25, 0.3) is 5.56 Å². The number of halogens is 4. The highest BCUT2D eigenvalue weighted by Gasteiger charge is 2.44. The van der Waals surface area contributed by atoms with Gasteiger partial charge in [-0.25, -0.2) is 9.78 Å². The van der Waals surface area contributed by atoms with Gasteiger partial charge in [0.2, 0.25) is 11.8 Å². The van der Waals surface area contributed by atoms with Crippen molar-refractivity contribution in [2.24, 2.45) is 5.73 Å². The first-order valence-electron chi connectivity index (χ1n) is 11.5. The number of rotatable bonds is 12. The van der Waals surface area contributed by atoms with Gasteiger partial charge < -0.3 is 30.4 Å². The maximum Gasteiger partial charge on any atom is 0.461 e. The minimum atomic E-state index is -4.71. The zero-order valence-corrected chi connectivity index (χ0v) is 21.6. The van der Waals surface area contributed by atoms with Crippen LogP contribution < -0.4 is 26.7 Å². The van der Waals surface area contributed by atoms with Gasteiger partial charge in [-0.05, 0) is 43.2 Å². The number of nitrogens with one attached hydrogen (secondary N) is 2. The predicted octanol–water partition coefficient (Wildman–Crippen LogP) is 3.23. The fourth-order valence-corrected chi connectivity index (χ4v) is 4.38. The van der Waals surface area contributed by atoms with Gasteiger partial charge in [-0.15, -0.1) is 11.3 Å². The number of carbonyl (C=O) groups excluding carboxylic acids is 3. The van der Waals surface area contributed by atoms with E-state index in [0.717, 1.165) is 30.6 Å². The fraction of sp³-hybridized carbons (Fsp3) is 0.292. The average molecular weight is 586 g/mol. The molecule has 1 unspecified atom stereocenters. The summed E-state index contributed by atoms with van der Waals surface area (Å²) in [6.45, 7) is -0.145. The van der Waals surface area contributed by atoms with Gasteiger partial charge in [-0.3, -0.25) is 14.4 Å². The first-order valence-corrected chi connectivity index (χ1v) is 12.3. The Bertz CT molecular complexity index is 1480. The number of aromatic nitrogens is 2. The minimum absolute atomic E-state index is 0.0481. The van der Waals surface area contributed by atoms with Crippen LogP contribution >= 0.6 is 11.3 Å². The van der Waals surface area contributed by atoms with Crippen molar-refractivity contribution in [2.75, 3.05) is 12.4 Å². The highest BCUT2D eigenvalue weighted by molar-refractivity contribution is 7.19. The van der Waals surface area contributed by atoms with Gasteiger partial charge >= 0.3 is 18.6 Å². The Morgan fingerprint density at radius 3 is 2.65 bits per heavy atom. The maximum atomic E-state index is 13.5. The Labute approximate surface area is 227 Å². The van der Waals surface area contributed by atoms with E-state index in [4.69, 9.17) is 5.73 Å². The fourth-order valence-electron chi connectivity index (χ4n) is 3.36. The summed E-state index contributed by atoms with van der Waals surface area (Å²) in [4.78, 5) is 52.7. The van der Waals surface area contributed by atoms with E-state index < -0.39 is 47.8 Å². The molecule has 0 bridgehead atoms. The van der Waals surface area contributed by atoms with Crippen molar-refractivity contribution in [2.45, 2.75) is 38.0 Å². The van der Waals surface area contributed by atoms with E-state index in [1.165, 1.54) is 41.1 Å². The largest absolute Gasteiger partial charge is 0.461 e. The van der Waals surface area contributed by atoms with Crippen LogP contribution in [0.3, 0.4) is 0 Å². The van der Waals surface area contributed by atoms with E-state index in [1.807, 2.05) is 0 Å². The number of anilines is 1. The summed E-state index contributed by atoms with van der Waals surface area (Å²) in [6.07, 6.45) is -5.49. The Kier molecular flexibility index (Phi) is 9.82. The van der Waals surface area contributed by atoms with E-state index in [-0.39, 0.29) is 40.3 Å². The number of amides is 3. The molecule has 3 rings (SSSR count). The number of thiazole rings is 1. The lowest BCUT2D eigenvalue weighted by atomic mass is 10.1. The molecule has 0 radical (unpaired) electrons. The summed E-state index contributed by atoms with van der Waals surface area (Å²) in [7, 11) is 1.11. The van der Waals surface area contributed by atoms with E-state index in [2.05, 4.69) is 25.1 Å². The Morgan fingerprint density at radius 1 is 1.23 bits per heavy atom. The number of alkyl halides is 4. The number of carbonyl (C=O) groups is 3. The van der Waals surface area contributed by atoms with Gasteiger partial charge in [-0.2, -0.15) is 17.6 Å². The number of allylic oxidation sites excluding steroid dienone is 1. The molecule has 0 spiro atoms. The number of nitrogens with two attached hydrogens (primary N) is 1. The molecule has 0 saturated heterocycles. The number of pyridine rings is 1. The Hall–Kier alpha value is -4.47. The normalized spacial score (nSPS) is 12.4. The molecule has 0 saturated carbocycles. The number of primary amides is 1. The summed E-state index contributed by atoms with van der Waals surface area (Å²) in [5, 5.41) is 5.04. The second-order valence-corrected chi connectivity index (χ2v) is 9.17. The number of nitrogens with zero attached hydrogens (tertiary/aromatic N) is 2. The first-order chi connectivity index (χ1) is 18.9. The van der Waals surface area contributed by atoms with Crippen LogP contribution in [0.2, 0.25) is 0 Å². The molecule has 0 fully saturated rings. The lowest BCUT2D eigenvalue weighted by Crippen LogP contribution is -2.44. The molecule has 0 aliphatic heterocycles. The number of hydrogen-bond donors (Lipinski definition) is 3. The second-order valence-electron chi connectivity index (χ2n) is 8.09. The molecule has 2 heterocycles. The number of alkyl carbamates (subject to hydrolysis) is 1. The smallest absolute Gasteiger partial charge is 0.453 e. The molecule has 3 amide bonds. The predicted molar refractivity (Wildman–Crippen MR) is 137 cm³/mol. The number of fused-ring (bicyclic) bond motifs is 1. The van der Waals surface area contributed by atoms with Crippen molar-refractivity contribution in [3.8, 4) is 5.75 Å². The van der Waals surface area contributed by atoms with Crippen molar-refractivity contribution >= 4 is 45.1 Å². The SMILES string of the molecule is COC(=O)NC(CCC=CC(N)=O)C(=O)Nc1cccn(Cc2nc3cccc(OC(F)(F)C(F)F)c3s2)c1=O. The van der Waals surface area contributed by atoms with E-state index in [1.54, 1.807) is 0 Å². The van der Waals surface area contributed by atoms with Crippen LogP contribution in [-0.2, 0) is 20.9 Å². The standard InChI is InChI=1S/C24H23F4N5O6S/c1-38-23(37)32-14(6-2-3-10-17(29)34)20(35)31-15-8-5-11-33(21(15)36)12-18-30-13-7-4-9-16(19(13)40-18)39-24(27,28)22(25)26/h3-5,7-11,14,22H,2,6,12H2,1H3,(H2,29,34)(H,31,35)(H,32,37). The number of hydrogen-bond acceptors (Lipinski definition) is 8. The van der Waals surface area contributed by atoms with Crippen LogP contribution in [0.15, 0.2) is 53.5 Å². The zero-order valence-electron chi connectivity index (χ0n) is 20.7. The number of benzene rings is 1. The van der Waals surface area contributed by atoms with E-state index in [0.29, 0.717) is 0 Å². The van der Waals surface area contributed by atoms with Crippen LogP contribution in [0.25, 0.3) is 10.2 Å². The quantitative estimate of drug-likeness (QED) is 0.218. The molecule has 0 aliphatic rings. The monoisotopic (exact) mass is 585 g/mol. The highest BCUT2D eigenvalue weighted by Crippen LogP contribution is 2.36. The first kappa shape index (κ1) is 30.1. The van der Waals surface area contributed by atoms with Crippen molar-refractivity contribution in [1.29, 1.82) is 0 Å². The summed E-state index contributed by atoms with van der Waals surface area (Å²) in [6, 6.07) is 5.54. The average Bonchev–Trinajstić information content (AvgIpc) is 3.31. The third kappa shape index (κ3) is 7.78. The summed E-state index contributed by atoms with van der Waals surface area (Å²) < 4.78 is 62.1. The van der Waals surface area contributed by atoms with Gasteiger partial charge in [0, 0.05) is 6.20 Å². The Morgan fingerprint density at radius 2 is 1.98 bits per heavy atom. The number of methoxy groups -OCH3 is 1. The summed E-state index contributed by atoms with van der Waals surface area (Å²) in [5.74, 6) is -1.92. The van der Waals surface area contributed by atoms with Gasteiger partial charge in [0.05, 0.1) is 23.9 Å². The van der Waals surface area contributed by atoms with Crippen LogP contribution in [0.4, 0.5) is 28.0 Å². The summed E-state index contributed by atoms with van der Waals surface area (Å²) in [5.41, 5.74) is 4.43. The molecule has 4 N–H and O–H groups in total. The molecule has 40 heavy (non-hydrogen) atoms. The molecule has 3 aromatic rings.